The van der Waals surface area contributed by atoms with Gasteiger partial charge in [-0.2, -0.15) is 0 Å². The number of anilines is 2. The van der Waals surface area contributed by atoms with Crippen molar-refractivity contribution in [1.29, 1.82) is 0 Å². The molecule has 0 radical (unpaired) electrons. The van der Waals surface area contributed by atoms with E-state index in [0.29, 0.717) is 15.2 Å². The van der Waals surface area contributed by atoms with Gasteiger partial charge in [-0.3, -0.25) is 14.9 Å². The topological polar surface area (TPSA) is 98.3 Å². The summed E-state index contributed by atoms with van der Waals surface area (Å²) in [5.74, 6) is -0.435. The quantitative estimate of drug-likeness (QED) is 0.487. The number of nitro benzene ring substituents is 1. The van der Waals surface area contributed by atoms with Gasteiger partial charge >= 0.3 is 0 Å². The van der Waals surface area contributed by atoms with Crippen LogP contribution in [0.3, 0.4) is 0 Å². The van der Waals surface area contributed by atoms with E-state index in [0.717, 1.165) is 0 Å². The first-order chi connectivity index (χ1) is 9.88. The summed E-state index contributed by atoms with van der Waals surface area (Å²) in [6, 6.07) is 8.74. The van der Waals surface area contributed by atoms with E-state index in [2.05, 4.69) is 21.2 Å². The van der Waals surface area contributed by atoms with E-state index < -0.39 is 10.8 Å². The van der Waals surface area contributed by atoms with Crippen LogP contribution >= 0.6 is 27.5 Å². The summed E-state index contributed by atoms with van der Waals surface area (Å²) in [5, 5.41) is 13.8. The maximum absolute atomic E-state index is 12.1. The fraction of sp³-hybridized carbons (Fsp3) is 0. The van der Waals surface area contributed by atoms with Crippen LogP contribution in [-0.2, 0) is 0 Å². The summed E-state index contributed by atoms with van der Waals surface area (Å²) < 4.78 is 0.710. The maximum atomic E-state index is 12.1. The predicted molar refractivity (Wildman–Crippen MR) is 84.6 cm³/mol. The molecular formula is C13H9BrClN3O3. The number of hydrogen-bond donors (Lipinski definition) is 2. The summed E-state index contributed by atoms with van der Waals surface area (Å²) in [4.78, 5) is 22.1. The Morgan fingerprint density at radius 2 is 2.00 bits per heavy atom. The Bertz CT molecular complexity index is 737. The molecule has 0 saturated heterocycles. The molecule has 0 aliphatic heterocycles. The zero-order valence-corrected chi connectivity index (χ0v) is 12.8. The van der Waals surface area contributed by atoms with Gasteiger partial charge in [0.2, 0.25) is 0 Å². The Labute approximate surface area is 133 Å². The van der Waals surface area contributed by atoms with Crippen molar-refractivity contribution < 1.29 is 9.72 Å². The zero-order valence-electron chi connectivity index (χ0n) is 10.5. The van der Waals surface area contributed by atoms with Crippen LogP contribution in [-0.4, -0.2) is 10.8 Å². The second-order valence-electron chi connectivity index (χ2n) is 4.11. The summed E-state index contributed by atoms with van der Waals surface area (Å²) >= 11 is 9.18. The lowest BCUT2D eigenvalue weighted by molar-refractivity contribution is -0.383. The molecule has 0 fully saturated rings. The van der Waals surface area contributed by atoms with E-state index in [1.54, 1.807) is 18.2 Å². The molecule has 0 atom stereocenters. The molecule has 0 aromatic heterocycles. The van der Waals surface area contributed by atoms with Crippen molar-refractivity contribution in [3.05, 3.63) is 61.6 Å². The fourth-order valence-corrected chi connectivity index (χ4v) is 2.07. The van der Waals surface area contributed by atoms with Gasteiger partial charge in [-0.25, -0.2) is 0 Å². The molecule has 1 amide bonds. The van der Waals surface area contributed by atoms with Crippen LogP contribution in [0, 0.1) is 10.1 Å². The van der Waals surface area contributed by atoms with Gasteiger partial charge in [0, 0.05) is 21.8 Å². The molecule has 3 N–H and O–H groups in total. The van der Waals surface area contributed by atoms with Gasteiger partial charge in [0.15, 0.2) is 0 Å². The third-order valence-corrected chi connectivity index (χ3v) is 3.90. The number of benzene rings is 2. The highest BCUT2D eigenvalue weighted by Gasteiger charge is 2.14. The molecule has 0 bridgehead atoms. The lowest BCUT2D eigenvalue weighted by Gasteiger charge is -2.07. The molecule has 6 nitrogen and oxygen atoms in total. The summed E-state index contributed by atoms with van der Waals surface area (Å²) in [5.41, 5.74) is 5.97. The lowest BCUT2D eigenvalue weighted by atomic mass is 10.1. The molecule has 0 spiro atoms. The average molecular weight is 371 g/mol. The average Bonchev–Trinajstić information content (AvgIpc) is 2.42. The first-order valence-corrected chi connectivity index (χ1v) is 6.86. The highest BCUT2D eigenvalue weighted by molar-refractivity contribution is 9.10. The van der Waals surface area contributed by atoms with Gasteiger partial charge in [-0.15, -0.1) is 0 Å². The number of hydrogen-bond acceptors (Lipinski definition) is 4. The number of halogens is 2. The van der Waals surface area contributed by atoms with E-state index >= 15 is 0 Å². The van der Waals surface area contributed by atoms with E-state index in [-0.39, 0.29) is 16.9 Å². The first-order valence-electron chi connectivity index (χ1n) is 5.69. The van der Waals surface area contributed by atoms with Crippen LogP contribution in [0.25, 0.3) is 0 Å². The van der Waals surface area contributed by atoms with Crippen LogP contribution in [0.2, 0.25) is 5.02 Å². The minimum atomic E-state index is -0.606. The van der Waals surface area contributed by atoms with Gasteiger partial charge in [-0.1, -0.05) is 11.6 Å². The minimum absolute atomic E-state index is 0.0681. The molecule has 0 heterocycles. The van der Waals surface area contributed by atoms with Gasteiger partial charge in [0.25, 0.3) is 11.6 Å². The molecule has 2 aromatic carbocycles. The Kier molecular flexibility index (Phi) is 4.44. The van der Waals surface area contributed by atoms with E-state index in [9.17, 15) is 14.9 Å². The Hall–Kier alpha value is -2.12. The summed E-state index contributed by atoms with van der Waals surface area (Å²) in [7, 11) is 0. The van der Waals surface area contributed by atoms with Gasteiger partial charge < -0.3 is 11.1 Å². The molecule has 8 heteroatoms. The molecule has 0 saturated carbocycles. The SMILES string of the molecule is Nc1cc(C(=O)Nc2ccc(Br)c(Cl)c2)ccc1[N+](=O)[O-]. The summed E-state index contributed by atoms with van der Waals surface area (Å²) in [6.07, 6.45) is 0. The number of rotatable bonds is 3. The number of nitrogens with one attached hydrogen (secondary N) is 1. The zero-order chi connectivity index (χ0) is 15.6. The van der Waals surface area contributed by atoms with Crippen molar-refractivity contribution >= 4 is 50.5 Å². The second kappa shape index (κ2) is 6.11. The minimum Gasteiger partial charge on any atom is -0.393 e. The molecular weight excluding hydrogens is 362 g/mol. The van der Waals surface area contributed by atoms with E-state index in [4.69, 9.17) is 17.3 Å². The number of amides is 1. The third kappa shape index (κ3) is 3.50. The monoisotopic (exact) mass is 369 g/mol. The van der Waals surface area contributed by atoms with Crippen LogP contribution in [0.5, 0.6) is 0 Å². The standard InChI is InChI=1S/C13H9BrClN3O3/c14-9-3-2-8(6-10(9)15)17-13(19)7-1-4-12(18(20)21)11(16)5-7/h1-6H,16H2,(H,17,19). The fourth-order valence-electron chi connectivity index (χ4n) is 1.64. The van der Waals surface area contributed by atoms with Crippen molar-refractivity contribution in [1.82, 2.24) is 0 Å². The van der Waals surface area contributed by atoms with Crippen LogP contribution in [0.15, 0.2) is 40.9 Å². The number of nitro groups is 1. The molecule has 21 heavy (non-hydrogen) atoms. The third-order valence-electron chi connectivity index (χ3n) is 2.66. The molecule has 108 valence electrons. The lowest BCUT2D eigenvalue weighted by Crippen LogP contribution is -2.12. The first kappa shape index (κ1) is 15.3. The maximum Gasteiger partial charge on any atom is 0.292 e. The van der Waals surface area contributed by atoms with Crippen molar-refractivity contribution in [3.8, 4) is 0 Å². The van der Waals surface area contributed by atoms with Crippen molar-refractivity contribution in [2.75, 3.05) is 11.1 Å². The normalized spacial score (nSPS) is 10.2. The largest absolute Gasteiger partial charge is 0.393 e. The number of nitrogens with two attached hydrogens (primary N) is 1. The van der Waals surface area contributed by atoms with Crippen LogP contribution in [0.4, 0.5) is 17.1 Å². The number of nitrogen functional groups attached to an aromatic ring is 1. The van der Waals surface area contributed by atoms with E-state index in [1.165, 1.54) is 18.2 Å². The number of nitrogens with zero attached hydrogens (tertiary/aromatic N) is 1. The van der Waals surface area contributed by atoms with Gasteiger partial charge in [0.1, 0.15) is 5.69 Å². The van der Waals surface area contributed by atoms with Gasteiger partial charge in [0.05, 0.1) is 9.95 Å². The van der Waals surface area contributed by atoms with Crippen LogP contribution in [0.1, 0.15) is 10.4 Å². The van der Waals surface area contributed by atoms with Crippen LogP contribution < -0.4 is 11.1 Å². The molecule has 2 aromatic rings. The molecule has 2 rings (SSSR count). The molecule has 0 aliphatic carbocycles. The van der Waals surface area contributed by atoms with E-state index in [1.807, 2.05) is 0 Å². The Morgan fingerprint density at radius 3 is 2.57 bits per heavy atom. The Balaban J connectivity index is 2.22. The van der Waals surface area contributed by atoms with Crippen molar-refractivity contribution in [2.45, 2.75) is 0 Å². The smallest absolute Gasteiger partial charge is 0.292 e. The number of carbonyl (C=O) groups excluding carboxylic acids is 1. The number of carbonyl (C=O) groups is 1. The Morgan fingerprint density at radius 1 is 1.29 bits per heavy atom. The van der Waals surface area contributed by atoms with Crippen molar-refractivity contribution in [3.63, 3.8) is 0 Å². The summed E-state index contributed by atoms with van der Waals surface area (Å²) in [6.45, 7) is 0. The molecule has 0 unspecified atom stereocenters. The van der Waals surface area contributed by atoms with Gasteiger partial charge in [-0.05, 0) is 46.3 Å². The highest BCUT2D eigenvalue weighted by Crippen LogP contribution is 2.26. The van der Waals surface area contributed by atoms with Crippen molar-refractivity contribution in [2.24, 2.45) is 0 Å². The highest BCUT2D eigenvalue weighted by atomic mass is 79.9. The predicted octanol–water partition coefficient (Wildman–Crippen LogP) is 3.85. The molecule has 0 aliphatic rings. The second-order valence-corrected chi connectivity index (χ2v) is 5.38.